The number of nitrogens with zero attached hydrogens (tertiary/aromatic N) is 4. The molecule has 25 heavy (non-hydrogen) atoms. The Morgan fingerprint density at radius 2 is 2.00 bits per heavy atom. The quantitative estimate of drug-likeness (QED) is 0.460. The molecule has 1 aromatic heterocycles. The van der Waals surface area contributed by atoms with Gasteiger partial charge in [0.15, 0.2) is 0 Å². The van der Waals surface area contributed by atoms with E-state index < -0.39 is 4.92 Å². The Kier molecular flexibility index (Phi) is 5.57. The Bertz CT molecular complexity index is 707. The third-order valence-corrected chi connectivity index (χ3v) is 3.70. The zero-order chi connectivity index (χ0) is 17.5. The molecule has 0 bridgehead atoms. The number of nitrogens with one attached hydrogen (secondary N) is 1. The van der Waals surface area contributed by atoms with Gasteiger partial charge in [-0.25, -0.2) is 9.97 Å². The highest BCUT2D eigenvalue weighted by atomic mass is 16.6. The van der Waals surface area contributed by atoms with Crippen molar-refractivity contribution >= 4 is 17.3 Å². The lowest BCUT2D eigenvalue weighted by molar-refractivity contribution is -0.383. The molecular formula is C16H19N5O4. The second kappa shape index (κ2) is 8.25. The van der Waals surface area contributed by atoms with Crippen molar-refractivity contribution in [2.24, 2.45) is 0 Å². The van der Waals surface area contributed by atoms with Crippen LogP contribution in [0.15, 0.2) is 36.7 Å². The summed E-state index contributed by atoms with van der Waals surface area (Å²) in [6.45, 7) is 2.92. The number of para-hydroxylation sites is 1. The molecule has 2 heterocycles. The lowest BCUT2D eigenvalue weighted by atomic mass is 10.3. The maximum absolute atomic E-state index is 11.5. The van der Waals surface area contributed by atoms with E-state index in [1.807, 2.05) is 35.2 Å². The molecule has 0 atom stereocenters. The molecule has 0 unspecified atom stereocenters. The number of hydrogen-bond acceptors (Lipinski definition) is 8. The summed E-state index contributed by atoms with van der Waals surface area (Å²) in [5.74, 6) is 1.25. The van der Waals surface area contributed by atoms with Crippen LogP contribution in [0.2, 0.25) is 0 Å². The van der Waals surface area contributed by atoms with E-state index in [0.29, 0.717) is 45.3 Å². The van der Waals surface area contributed by atoms with Gasteiger partial charge in [0.25, 0.3) is 0 Å². The Labute approximate surface area is 144 Å². The van der Waals surface area contributed by atoms with Gasteiger partial charge >= 0.3 is 5.69 Å². The number of anilines is 2. The summed E-state index contributed by atoms with van der Waals surface area (Å²) in [5.41, 5.74) is -0.121. The molecule has 0 saturated carbocycles. The molecule has 1 fully saturated rings. The first-order chi connectivity index (χ1) is 12.3. The number of ether oxygens (including phenoxy) is 2. The first-order valence-corrected chi connectivity index (χ1v) is 7.99. The molecule has 1 aliphatic rings. The molecule has 132 valence electrons. The molecule has 0 radical (unpaired) electrons. The number of benzene rings is 1. The summed E-state index contributed by atoms with van der Waals surface area (Å²) >= 11 is 0. The van der Waals surface area contributed by atoms with E-state index in [2.05, 4.69) is 15.3 Å². The molecule has 9 heteroatoms. The smallest absolute Gasteiger partial charge is 0.353 e. The van der Waals surface area contributed by atoms with Crippen LogP contribution in [-0.2, 0) is 4.74 Å². The molecule has 2 aromatic rings. The van der Waals surface area contributed by atoms with Gasteiger partial charge in [0, 0.05) is 13.1 Å². The topological polar surface area (TPSA) is 103 Å². The number of aromatic nitrogens is 2. The van der Waals surface area contributed by atoms with Gasteiger partial charge in [-0.1, -0.05) is 18.2 Å². The van der Waals surface area contributed by atoms with Crippen LogP contribution in [-0.4, -0.2) is 54.3 Å². The van der Waals surface area contributed by atoms with Crippen LogP contribution in [0.4, 0.5) is 17.3 Å². The summed E-state index contributed by atoms with van der Waals surface area (Å²) in [6, 6.07) is 9.37. The van der Waals surface area contributed by atoms with E-state index in [-0.39, 0.29) is 11.5 Å². The first-order valence-electron chi connectivity index (χ1n) is 7.99. The SMILES string of the molecule is O=[N+]([O-])c1c(NCCOc2ccccc2)ncnc1N1CCOCC1. The number of morpholine rings is 1. The van der Waals surface area contributed by atoms with Crippen molar-refractivity contribution in [3.05, 3.63) is 46.8 Å². The van der Waals surface area contributed by atoms with Crippen LogP contribution < -0.4 is 15.0 Å². The van der Waals surface area contributed by atoms with Crippen molar-refractivity contribution in [1.82, 2.24) is 9.97 Å². The molecule has 0 spiro atoms. The summed E-state index contributed by atoms with van der Waals surface area (Å²) in [6.07, 6.45) is 1.33. The second-order valence-corrected chi connectivity index (χ2v) is 5.34. The predicted octanol–water partition coefficient (Wildman–Crippen LogP) is 1.71. The minimum absolute atomic E-state index is 0.121. The van der Waals surface area contributed by atoms with Gasteiger partial charge in [0.05, 0.1) is 24.7 Å². The van der Waals surface area contributed by atoms with Crippen LogP contribution in [0, 0.1) is 10.1 Å². The maximum Gasteiger partial charge on any atom is 0.353 e. The monoisotopic (exact) mass is 345 g/mol. The van der Waals surface area contributed by atoms with Crippen molar-refractivity contribution in [3.63, 3.8) is 0 Å². The van der Waals surface area contributed by atoms with E-state index in [1.54, 1.807) is 0 Å². The number of hydrogen-bond donors (Lipinski definition) is 1. The van der Waals surface area contributed by atoms with Crippen molar-refractivity contribution in [1.29, 1.82) is 0 Å². The zero-order valence-electron chi connectivity index (χ0n) is 13.6. The molecule has 1 aromatic carbocycles. The molecule has 0 aliphatic carbocycles. The van der Waals surface area contributed by atoms with Crippen LogP contribution in [0.1, 0.15) is 0 Å². The first kappa shape index (κ1) is 16.9. The number of rotatable bonds is 7. The van der Waals surface area contributed by atoms with Gasteiger partial charge in [-0.3, -0.25) is 10.1 Å². The molecule has 9 nitrogen and oxygen atoms in total. The van der Waals surface area contributed by atoms with Crippen LogP contribution >= 0.6 is 0 Å². The molecule has 3 rings (SSSR count). The standard InChI is InChI=1S/C16H19N5O4/c22-21(23)14-15(17-6-9-25-13-4-2-1-3-5-13)18-12-19-16(14)20-7-10-24-11-8-20/h1-5,12H,6-11H2,(H,17,18,19). The van der Waals surface area contributed by atoms with Crippen LogP contribution in [0.25, 0.3) is 0 Å². The molecule has 1 aliphatic heterocycles. The van der Waals surface area contributed by atoms with Crippen LogP contribution in [0.5, 0.6) is 5.75 Å². The lowest BCUT2D eigenvalue weighted by Gasteiger charge is -2.27. The molecule has 1 saturated heterocycles. The normalized spacial score (nSPS) is 14.2. The molecular weight excluding hydrogens is 326 g/mol. The van der Waals surface area contributed by atoms with Gasteiger partial charge < -0.3 is 19.7 Å². The number of nitro groups is 1. The fourth-order valence-electron chi connectivity index (χ4n) is 2.53. The Balaban J connectivity index is 1.66. The fourth-order valence-corrected chi connectivity index (χ4v) is 2.53. The summed E-state index contributed by atoms with van der Waals surface area (Å²) in [5, 5.41) is 14.5. The van der Waals surface area contributed by atoms with E-state index >= 15 is 0 Å². The van der Waals surface area contributed by atoms with Crippen molar-refractivity contribution in [2.45, 2.75) is 0 Å². The van der Waals surface area contributed by atoms with Crippen molar-refractivity contribution in [2.75, 3.05) is 49.7 Å². The highest BCUT2D eigenvalue weighted by Crippen LogP contribution is 2.31. The molecule has 1 N–H and O–H groups in total. The third-order valence-electron chi connectivity index (χ3n) is 3.70. The fraction of sp³-hybridized carbons (Fsp3) is 0.375. The average molecular weight is 345 g/mol. The Morgan fingerprint density at radius 1 is 1.24 bits per heavy atom. The van der Waals surface area contributed by atoms with E-state index in [4.69, 9.17) is 9.47 Å². The highest BCUT2D eigenvalue weighted by Gasteiger charge is 2.27. The van der Waals surface area contributed by atoms with E-state index in [0.717, 1.165) is 5.75 Å². The van der Waals surface area contributed by atoms with Gasteiger partial charge in [0.2, 0.25) is 11.6 Å². The van der Waals surface area contributed by atoms with Gasteiger partial charge in [0.1, 0.15) is 18.7 Å². The van der Waals surface area contributed by atoms with E-state index in [1.165, 1.54) is 6.33 Å². The van der Waals surface area contributed by atoms with Gasteiger partial charge in [-0.05, 0) is 12.1 Å². The third kappa shape index (κ3) is 4.32. The van der Waals surface area contributed by atoms with Crippen molar-refractivity contribution in [3.8, 4) is 5.75 Å². The Morgan fingerprint density at radius 3 is 2.72 bits per heavy atom. The Hall–Kier alpha value is -2.94. The second-order valence-electron chi connectivity index (χ2n) is 5.34. The molecule has 0 amide bonds. The zero-order valence-corrected chi connectivity index (χ0v) is 13.6. The average Bonchev–Trinajstić information content (AvgIpc) is 2.66. The van der Waals surface area contributed by atoms with Gasteiger partial charge in [-0.2, -0.15) is 0 Å². The summed E-state index contributed by atoms with van der Waals surface area (Å²) in [4.78, 5) is 21.1. The van der Waals surface area contributed by atoms with Crippen LogP contribution in [0.3, 0.4) is 0 Å². The van der Waals surface area contributed by atoms with E-state index in [9.17, 15) is 10.1 Å². The van der Waals surface area contributed by atoms with Gasteiger partial charge in [-0.15, -0.1) is 0 Å². The minimum atomic E-state index is -0.453. The maximum atomic E-state index is 11.5. The lowest BCUT2D eigenvalue weighted by Crippen LogP contribution is -2.37. The summed E-state index contributed by atoms with van der Waals surface area (Å²) < 4.78 is 10.9. The largest absolute Gasteiger partial charge is 0.492 e. The predicted molar refractivity (Wildman–Crippen MR) is 92.1 cm³/mol. The highest BCUT2D eigenvalue weighted by molar-refractivity contribution is 5.70. The minimum Gasteiger partial charge on any atom is -0.492 e. The summed E-state index contributed by atoms with van der Waals surface area (Å²) in [7, 11) is 0. The van der Waals surface area contributed by atoms with Crippen molar-refractivity contribution < 1.29 is 14.4 Å².